The summed E-state index contributed by atoms with van der Waals surface area (Å²) in [7, 11) is 0. The number of nitrogens with zero attached hydrogens (tertiary/aromatic N) is 1. The average molecular weight is 482 g/mol. The van der Waals surface area contributed by atoms with E-state index in [-0.39, 0.29) is 11.6 Å². The topological polar surface area (TPSA) is 61.4 Å². The number of hydrogen-bond acceptors (Lipinski definition) is 3. The highest BCUT2D eigenvalue weighted by Gasteiger charge is 2.33. The molecule has 1 fully saturated rings. The first-order chi connectivity index (χ1) is 15.8. The maximum Gasteiger partial charge on any atom is 0.417 e. The van der Waals surface area contributed by atoms with E-state index >= 15 is 0 Å². The van der Waals surface area contributed by atoms with Crippen molar-refractivity contribution in [1.29, 1.82) is 0 Å². The van der Waals surface area contributed by atoms with Crippen molar-refractivity contribution in [2.45, 2.75) is 44.3 Å². The minimum Gasteiger partial charge on any atom is -0.343 e. The van der Waals surface area contributed by atoms with Crippen molar-refractivity contribution in [3.63, 3.8) is 0 Å². The molecule has 1 aliphatic heterocycles. The van der Waals surface area contributed by atoms with Crippen molar-refractivity contribution >= 4 is 29.1 Å². The zero-order valence-electron chi connectivity index (χ0n) is 18.1. The largest absolute Gasteiger partial charge is 0.417 e. The molecular weight excluding hydrogens is 455 g/mol. The highest BCUT2D eigenvalue weighted by Crippen LogP contribution is 2.36. The number of alkyl halides is 3. The number of amides is 2. The second-order valence-corrected chi connectivity index (χ2v) is 8.43. The minimum atomic E-state index is -4.63. The molecule has 2 amide bonds. The number of benzene rings is 2. The summed E-state index contributed by atoms with van der Waals surface area (Å²) in [6, 6.07) is 11.5. The number of halogens is 4. The molecule has 9 heteroatoms. The summed E-state index contributed by atoms with van der Waals surface area (Å²) in [6.45, 7) is 1.81. The van der Waals surface area contributed by atoms with Crippen LogP contribution in [0.4, 0.5) is 18.9 Å². The number of anilines is 1. The molecule has 2 N–H and O–H groups in total. The fourth-order valence-corrected chi connectivity index (χ4v) is 4.06. The quantitative estimate of drug-likeness (QED) is 0.495. The summed E-state index contributed by atoms with van der Waals surface area (Å²) in [4.78, 5) is 27.0. The number of likely N-dealkylation sites (tertiary alicyclic amines) is 1. The fraction of sp³-hybridized carbons (Fsp3) is 0.417. The van der Waals surface area contributed by atoms with Gasteiger partial charge in [-0.05, 0) is 49.6 Å². The zero-order valence-corrected chi connectivity index (χ0v) is 18.9. The van der Waals surface area contributed by atoms with E-state index in [2.05, 4.69) is 10.6 Å². The minimum absolute atomic E-state index is 0.00891. The smallest absolute Gasteiger partial charge is 0.343 e. The molecule has 2 aromatic carbocycles. The third kappa shape index (κ3) is 7.20. The molecule has 1 atom stereocenters. The molecule has 0 saturated carbocycles. The van der Waals surface area contributed by atoms with Crippen LogP contribution in [0.1, 0.15) is 49.3 Å². The van der Waals surface area contributed by atoms with Gasteiger partial charge in [0.05, 0.1) is 10.6 Å². The van der Waals surface area contributed by atoms with Crippen LogP contribution in [0.25, 0.3) is 0 Å². The summed E-state index contributed by atoms with van der Waals surface area (Å²) >= 11 is 5.67. The van der Waals surface area contributed by atoms with Crippen molar-refractivity contribution in [3.8, 4) is 0 Å². The van der Waals surface area contributed by atoms with Crippen LogP contribution < -0.4 is 10.6 Å². The van der Waals surface area contributed by atoms with Crippen LogP contribution in [0.3, 0.4) is 0 Å². The van der Waals surface area contributed by atoms with E-state index in [0.29, 0.717) is 31.5 Å². The van der Waals surface area contributed by atoms with Crippen LogP contribution in [-0.2, 0) is 15.8 Å². The summed E-state index contributed by atoms with van der Waals surface area (Å²) in [5.41, 5.74) is -0.311. The Morgan fingerprint density at radius 3 is 2.58 bits per heavy atom. The van der Waals surface area contributed by atoms with E-state index in [1.165, 1.54) is 6.07 Å². The van der Waals surface area contributed by atoms with E-state index in [0.717, 1.165) is 37.9 Å². The van der Waals surface area contributed by atoms with E-state index in [1.807, 2.05) is 11.0 Å². The maximum absolute atomic E-state index is 13.2. The van der Waals surface area contributed by atoms with Gasteiger partial charge in [0.1, 0.15) is 6.04 Å². The van der Waals surface area contributed by atoms with Gasteiger partial charge in [-0.3, -0.25) is 9.59 Å². The molecule has 1 aliphatic rings. The molecule has 0 radical (unpaired) electrons. The molecule has 33 heavy (non-hydrogen) atoms. The Morgan fingerprint density at radius 1 is 1.09 bits per heavy atom. The van der Waals surface area contributed by atoms with Crippen molar-refractivity contribution in [2.75, 3.05) is 25.0 Å². The molecular formula is C24H27ClF3N3O2. The Bertz CT molecular complexity index is 954. The first-order valence-corrected chi connectivity index (χ1v) is 11.4. The lowest BCUT2D eigenvalue weighted by Gasteiger charge is -2.22. The van der Waals surface area contributed by atoms with Crippen molar-refractivity contribution in [3.05, 3.63) is 64.7 Å². The second-order valence-electron chi connectivity index (χ2n) is 8.02. The van der Waals surface area contributed by atoms with Gasteiger partial charge in [-0.15, -0.1) is 0 Å². The Hall–Kier alpha value is -2.58. The maximum atomic E-state index is 13.2. The standard InChI is InChI=1S/C24H27ClF3N3O2/c25-20-12-11-18(16-19(20)24(26,27)28)30-23(33)22(17-8-3-1-4-9-17)29-13-7-15-31-14-6-2-5-10-21(31)32/h1,3-4,8-9,11-12,16,22,29H,2,5-7,10,13-15H2,(H,30,33). The molecule has 0 bridgehead atoms. The molecule has 178 valence electrons. The van der Waals surface area contributed by atoms with Gasteiger partial charge >= 0.3 is 6.18 Å². The van der Waals surface area contributed by atoms with Crippen LogP contribution in [0, 0.1) is 0 Å². The van der Waals surface area contributed by atoms with Crippen molar-refractivity contribution in [1.82, 2.24) is 10.2 Å². The number of carbonyl (C=O) groups excluding carboxylic acids is 2. The molecule has 0 aliphatic carbocycles. The number of carbonyl (C=O) groups is 2. The predicted molar refractivity (Wildman–Crippen MR) is 122 cm³/mol. The highest BCUT2D eigenvalue weighted by atomic mass is 35.5. The van der Waals surface area contributed by atoms with Crippen molar-refractivity contribution in [2.24, 2.45) is 0 Å². The summed E-state index contributed by atoms with van der Waals surface area (Å²) in [5.74, 6) is -0.324. The first-order valence-electron chi connectivity index (χ1n) is 11.0. The zero-order chi connectivity index (χ0) is 23.8. The summed E-state index contributed by atoms with van der Waals surface area (Å²) in [6.07, 6.45) is -0.429. The second kappa shape index (κ2) is 11.5. The molecule has 5 nitrogen and oxygen atoms in total. The van der Waals surface area contributed by atoms with Crippen molar-refractivity contribution < 1.29 is 22.8 Å². The monoisotopic (exact) mass is 481 g/mol. The lowest BCUT2D eigenvalue weighted by Crippen LogP contribution is -2.36. The van der Waals surface area contributed by atoms with E-state index in [4.69, 9.17) is 11.6 Å². The lowest BCUT2D eigenvalue weighted by atomic mass is 10.1. The Balaban J connectivity index is 1.66. The molecule has 3 rings (SSSR count). The SMILES string of the molecule is O=C(Nc1ccc(Cl)c(C(F)(F)F)c1)C(NCCCN1CCCCCC1=O)c1ccccc1. The van der Waals surface area contributed by atoms with Gasteiger partial charge in [-0.2, -0.15) is 13.2 Å². The van der Waals surface area contributed by atoms with Gasteiger partial charge in [-0.25, -0.2) is 0 Å². The Labute approximate surface area is 196 Å². The molecule has 2 aromatic rings. The van der Waals surface area contributed by atoms with Crippen LogP contribution in [0.15, 0.2) is 48.5 Å². The lowest BCUT2D eigenvalue weighted by molar-refractivity contribution is -0.137. The van der Waals surface area contributed by atoms with Crippen LogP contribution in [0.2, 0.25) is 5.02 Å². The van der Waals surface area contributed by atoms with Gasteiger partial charge in [0.15, 0.2) is 0 Å². The van der Waals surface area contributed by atoms with Gasteiger partial charge in [0, 0.05) is 25.2 Å². The highest BCUT2D eigenvalue weighted by molar-refractivity contribution is 6.31. The molecule has 1 saturated heterocycles. The number of hydrogen-bond donors (Lipinski definition) is 2. The van der Waals surface area contributed by atoms with E-state index in [1.54, 1.807) is 24.3 Å². The third-order valence-electron chi connectivity index (χ3n) is 5.56. The number of rotatable bonds is 8. The van der Waals surface area contributed by atoms with Gasteiger partial charge < -0.3 is 15.5 Å². The summed E-state index contributed by atoms with van der Waals surface area (Å²) in [5, 5.41) is 5.32. The average Bonchev–Trinajstić information content (AvgIpc) is 2.98. The first kappa shape index (κ1) is 25.1. The normalized spacial score (nSPS) is 15.8. The van der Waals surface area contributed by atoms with Crippen LogP contribution in [-0.4, -0.2) is 36.3 Å². The van der Waals surface area contributed by atoms with Gasteiger partial charge in [-0.1, -0.05) is 48.4 Å². The number of nitrogens with one attached hydrogen (secondary N) is 2. The molecule has 0 aromatic heterocycles. The Kier molecular flexibility index (Phi) is 8.74. The van der Waals surface area contributed by atoms with Gasteiger partial charge in [0.2, 0.25) is 11.8 Å². The van der Waals surface area contributed by atoms with Crippen LogP contribution in [0.5, 0.6) is 0 Å². The Morgan fingerprint density at radius 2 is 1.85 bits per heavy atom. The van der Waals surface area contributed by atoms with E-state index in [9.17, 15) is 22.8 Å². The van der Waals surface area contributed by atoms with Crippen LogP contribution >= 0.6 is 11.6 Å². The molecule has 1 heterocycles. The molecule has 1 unspecified atom stereocenters. The van der Waals surface area contributed by atoms with E-state index < -0.39 is 28.7 Å². The summed E-state index contributed by atoms with van der Waals surface area (Å²) < 4.78 is 39.5. The third-order valence-corrected chi connectivity index (χ3v) is 5.89. The predicted octanol–water partition coefficient (Wildman–Crippen LogP) is 5.42. The fourth-order valence-electron chi connectivity index (χ4n) is 3.83. The molecule has 0 spiro atoms. The van der Waals surface area contributed by atoms with Gasteiger partial charge in [0.25, 0.3) is 0 Å².